The zero-order valence-electron chi connectivity index (χ0n) is 11.0. The summed E-state index contributed by atoms with van der Waals surface area (Å²) in [7, 11) is 0. The molecule has 2 aliphatic rings. The number of carbonyl (C=O) groups excluding carboxylic acids is 1. The second-order valence-corrected chi connectivity index (χ2v) is 5.65. The Hall–Kier alpha value is -0.820. The van der Waals surface area contributed by atoms with Crippen LogP contribution in [0.5, 0.6) is 0 Å². The third-order valence-corrected chi connectivity index (χ3v) is 3.69. The smallest absolute Gasteiger partial charge is 0.351 e. The van der Waals surface area contributed by atoms with Crippen LogP contribution in [-0.4, -0.2) is 55.2 Å². The summed E-state index contributed by atoms with van der Waals surface area (Å²) in [5, 5.41) is 5.97. The van der Waals surface area contributed by atoms with Crippen molar-refractivity contribution in [3.05, 3.63) is 0 Å². The predicted octanol–water partition coefficient (Wildman–Crippen LogP) is 0.737. The number of nitrogens with one attached hydrogen (secondary N) is 2. The molecule has 0 aromatic carbocycles. The van der Waals surface area contributed by atoms with Crippen LogP contribution in [0.15, 0.2) is 0 Å². The summed E-state index contributed by atoms with van der Waals surface area (Å²) in [5.74, 6) is 0.393. The molecule has 110 valence electrons. The fraction of sp³-hybridized carbons (Fsp3) is 0.917. The van der Waals surface area contributed by atoms with Gasteiger partial charge in [0.2, 0.25) is 5.91 Å². The molecule has 0 aromatic rings. The van der Waals surface area contributed by atoms with Gasteiger partial charge in [-0.15, -0.1) is 0 Å². The molecule has 2 rings (SSSR count). The zero-order chi connectivity index (χ0) is 14.0. The molecular weight excluding hydrogens is 259 g/mol. The number of hydrogen-bond acceptors (Lipinski definition) is 3. The summed E-state index contributed by atoms with van der Waals surface area (Å²) in [6, 6.07) is -0.348. The fourth-order valence-corrected chi connectivity index (χ4v) is 2.76. The van der Waals surface area contributed by atoms with Gasteiger partial charge in [-0.05, 0) is 25.3 Å². The number of rotatable bonds is 3. The Morgan fingerprint density at radius 2 is 2.21 bits per heavy atom. The van der Waals surface area contributed by atoms with Gasteiger partial charge >= 0.3 is 6.18 Å². The molecule has 1 amide bonds. The minimum atomic E-state index is -4.17. The quantitative estimate of drug-likeness (QED) is 0.801. The van der Waals surface area contributed by atoms with E-state index in [9.17, 15) is 18.0 Å². The first-order valence-electron chi connectivity index (χ1n) is 6.66. The zero-order valence-corrected chi connectivity index (χ0v) is 11.0. The van der Waals surface area contributed by atoms with Crippen molar-refractivity contribution in [1.82, 2.24) is 15.5 Å². The van der Waals surface area contributed by atoms with Crippen molar-refractivity contribution in [1.29, 1.82) is 0 Å². The van der Waals surface area contributed by atoms with Crippen molar-refractivity contribution in [2.75, 3.05) is 26.2 Å². The molecule has 2 aliphatic heterocycles. The Labute approximate surface area is 110 Å². The summed E-state index contributed by atoms with van der Waals surface area (Å²) in [4.78, 5) is 13.3. The summed E-state index contributed by atoms with van der Waals surface area (Å²) in [5.41, 5.74) is 0. The molecule has 0 aliphatic carbocycles. The van der Waals surface area contributed by atoms with E-state index in [1.807, 2.05) is 0 Å². The third-order valence-electron chi connectivity index (χ3n) is 3.69. The first-order valence-corrected chi connectivity index (χ1v) is 6.66. The monoisotopic (exact) mass is 279 g/mol. The van der Waals surface area contributed by atoms with Crippen molar-refractivity contribution in [3.8, 4) is 0 Å². The van der Waals surface area contributed by atoms with E-state index >= 15 is 0 Å². The van der Waals surface area contributed by atoms with Gasteiger partial charge < -0.3 is 10.6 Å². The minimum absolute atomic E-state index is 0.0804. The van der Waals surface area contributed by atoms with Crippen molar-refractivity contribution in [2.24, 2.45) is 5.92 Å². The minimum Gasteiger partial charge on any atom is -0.351 e. The van der Waals surface area contributed by atoms with Gasteiger partial charge in [-0.2, -0.15) is 13.2 Å². The highest BCUT2D eigenvalue weighted by Gasteiger charge is 2.35. The summed E-state index contributed by atoms with van der Waals surface area (Å²) < 4.78 is 36.7. The number of carbonyl (C=O) groups is 1. The van der Waals surface area contributed by atoms with E-state index in [1.54, 1.807) is 0 Å². The Balaban J connectivity index is 1.74. The lowest BCUT2D eigenvalue weighted by Crippen LogP contribution is -2.46. The van der Waals surface area contributed by atoms with Crippen LogP contribution in [0.3, 0.4) is 0 Å². The summed E-state index contributed by atoms with van der Waals surface area (Å²) in [6.07, 6.45) is -2.78. The molecule has 3 atom stereocenters. The lowest BCUT2D eigenvalue weighted by molar-refractivity contribution is -0.143. The number of nitrogens with zero attached hydrogens (tertiary/aromatic N) is 1. The normalized spacial score (nSPS) is 32.7. The maximum atomic E-state index is 12.2. The van der Waals surface area contributed by atoms with Crippen LogP contribution in [0.25, 0.3) is 0 Å². The molecule has 0 aromatic heterocycles. The third kappa shape index (κ3) is 4.35. The van der Waals surface area contributed by atoms with Gasteiger partial charge in [0.15, 0.2) is 0 Å². The number of alkyl halides is 3. The molecule has 2 heterocycles. The fourth-order valence-electron chi connectivity index (χ4n) is 2.76. The van der Waals surface area contributed by atoms with Crippen LogP contribution in [0.1, 0.15) is 19.8 Å². The molecule has 7 heteroatoms. The van der Waals surface area contributed by atoms with E-state index in [1.165, 1.54) is 4.90 Å². The first kappa shape index (κ1) is 14.6. The van der Waals surface area contributed by atoms with E-state index in [4.69, 9.17) is 0 Å². The summed E-state index contributed by atoms with van der Waals surface area (Å²) >= 11 is 0. The Morgan fingerprint density at radius 1 is 1.47 bits per heavy atom. The number of hydrogen-bond donors (Lipinski definition) is 2. The van der Waals surface area contributed by atoms with Crippen LogP contribution in [0, 0.1) is 5.92 Å². The van der Waals surface area contributed by atoms with Gasteiger partial charge in [0.1, 0.15) is 0 Å². The highest BCUT2D eigenvalue weighted by atomic mass is 19.4. The van der Waals surface area contributed by atoms with Crippen LogP contribution >= 0.6 is 0 Å². The number of halogens is 3. The van der Waals surface area contributed by atoms with Crippen LogP contribution in [-0.2, 0) is 4.79 Å². The van der Waals surface area contributed by atoms with Gasteiger partial charge in [-0.1, -0.05) is 6.92 Å². The molecule has 0 bridgehead atoms. The molecular formula is C12H20F3N3O. The molecule has 2 N–H and O–H groups in total. The van der Waals surface area contributed by atoms with E-state index in [2.05, 4.69) is 17.6 Å². The molecule has 4 nitrogen and oxygen atoms in total. The van der Waals surface area contributed by atoms with Gasteiger partial charge in [0.05, 0.1) is 12.6 Å². The second kappa shape index (κ2) is 5.66. The summed E-state index contributed by atoms with van der Waals surface area (Å²) in [6.45, 7) is 2.68. The average Bonchev–Trinajstić information content (AvgIpc) is 2.85. The predicted molar refractivity (Wildman–Crippen MR) is 64.6 cm³/mol. The van der Waals surface area contributed by atoms with Crippen molar-refractivity contribution >= 4 is 5.91 Å². The maximum absolute atomic E-state index is 12.2. The molecule has 0 radical (unpaired) electrons. The molecule has 0 saturated carbocycles. The molecule has 1 unspecified atom stereocenters. The first-order chi connectivity index (χ1) is 8.83. The number of amides is 1. The number of likely N-dealkylation sites (tertiary alicyclic amines) is 1. The molecule has 0 spiro atoms. The van der Waals surface area contributed by atoms with Gasteiger partial charge in [0.25, 0.3) is 0 Å². The van der Waals surface area contributed by atoms with E-state index < -0.39 is 12.7 Å². The van der Waals surface area contributed by atoms with Gasteiger partial charge in [-0.25, -0.2) is 0 Å². The lowest BCUT2D eigenvalue weighted by atomic mass is 10.1. The van der Waals surface area contributed by atoms with Crippen molar-refractivity contribution in [2.45, 2.75) is 38.0 Å². The Kier molecular flexibility index (Phi) is 4.35. The maximum Gasteiger partial charge on any atom is 0.401 e. The van der Waals surface area contributed by atoms with Crippen LogP contribution in [0.4, 0.5) is 13.2 Å². The van der Waals surface area contributed by atoms with E-state index in [0.717, 1.165) is 13.0 Å². The van der Waals surface area contributed by atoms with Gasteiger partial charge in [0, 0.05) is 19.1 Å². The average molecular weight is 279 g/mol. The van der Waals surface area contributed by atoms with E-state index in [0.29, 0.717) is 18.9 Å². The molecule has 19 heavy (non-hydrogen) atoms. The highest BCUT2D eigenvalue weighted by Crippen LogP contribution is 2.20. The standard InChI is InChI=1S/C12H20F3N3O/c1-8-4-10(16-5-8)11(19)17-9-2-3-18(6-9)7-12(13,14)15/h8-10,16H,2-7H2,1H3,(H,17,19)/t8-,9?,10+/m1/s1. The van der Waals surface area contributed by atoms with Crippen molar-refractivity contribution in [3.63, 3.8) is 0 Å². The molecule has 2 saturated heterocycles. The van der Waals surface area contributed by atoms with Crippen LogP contribution < -0.4 is 10.6 Å². The SMILES string of the molecule is C[C@H]1CN[C@H](C(=O)NC2CCN(CC(F)(F)F)C2)C1. The largest absolute Gasteiger partial charge is 0.401 e. The Morgan fingerprint density at radius 3 is 2.79 bits per heavy atom. The topological polar surface area (TPSA) is 44.4 Å². The van der Waals surface area contributed by atoms with E-state index in [-0.39, 0.29) is 24.5 Å². The van der Waals surface area contributed by atoms with Crippen molar-refractivity contribution < 1.29 is 18.0 Å². The highest BCUT2D eigenvalue weighted by molar-refractivity contribution is 5.82. The van der Waals surface area contributed by atoms with Crippen LogP contribution in [0.2, 0.25) is 0 Å². The van der Waals surface area contributed by atoms with Gasteiger partial charge in [-0.3, -0.25) is 9.69 Å². The Bertz CT molecular complexity index is 335. The second-order valence-electron chi connectivity index (χ2n) is 5.65. The molecule has 2 fully saturated rings. The lowest BCUT2D eigenvalue weighted by Gasteiger charge is -2.19.